The first-order valence-electron chi connectivity index (χ1n) is 7.97. The van der Waals surface area contributed by atoms with Gasteiger partial charge >= 0.3 is 0 Å². The van der Waals surface area contributed by atoms with Crippen LogP contribution in [0, 0.1) is 0 Å². The van der Waals surface area contributed by atoms with E-state index >= 15 is 0 Å². The van der Waals surface area contributed by atoms with Gasteiger partial charge in [-0.1, -0.05) is 19.3 Å². The molecule has 0 saturated carbocycles. The third-order valence-corrected chi connectivity index (χ3v) is 6.47. The molecule has 2 aliphatic rings. The molecule has 0 aliphatic carbocycles. The zero-order valence-corrected chi connectivity index (χ0v) is 13.3. The fourth-order valence-corrected chi connectivity index (χ4v) is 5.27. The molecular formula is C14H28N2O3S. The Morgan fingerprint density at radius 3 is 2.30 bits per heavy atom. The van der Waals surface area contributed by atoms with Crippen molar-refractivity contribution in [2.24, 2.45) is 0 Å². The maximum atomic E-state index is 12.9. The smallest absolute Gasteiger partial charge is 0.282 e. The quantitative estimate of drug-likeness (QED) is 0.860. The van der Waals surface area contributed by atoms with Crippen molar-refractivity contribution in [3.05, 3.63) is 0 Å². The highest BCUT2D eigenvalue weighted by atomic mass is 32.2. The molecule has 0 radical (unpaired) electrons. The lowest BCUT2D eigenvalue weighted by atomic mass is 10.1. The van der Waals surface area contributed by atoms with E-state index in [-0.39, 0.29) is 6.04 Å². The fourth-order valence-electron chi connectivity index (χ4n) is 3.33. The number of aliphatic hydroxyl groups excluding tert-OH is 1. The van der Waals surface area contributed by atoms with Gasteiger partial charge in [-0.25, -0.2) is 0 Å². The summed E-state index contributed by atoms with van der Waals surface area (Å²) in [6, 6.07) is -0.0376. The Labute approximate surface area is 123 Å². The Bertz CT molecular complexity index is 391. The van der Waals surface area contributed by atoms with E-state index in [0.29, 0.717) is 26.1 Å². The SMILES string of the molecule is CC(O)CC1CCCCCN1S(=O)(=O)N1CCCCC1. The van der Waals surface area contributed by atoms with Gasteiger partial charge in [0.05, 0.1) is 6.10 Å². The molecule has 0 amide bonds. The first-order valence-corrected chi connectivity index (χ1v) is 9.36. The maximum absolute atomic E-state index is 12.9. The molecule has 2 aliphatic heterocycles. The van der Waals surface area contributed by atoms with Gasteiger partial charge in [0.1, 0.15) is 0 Å². The van der Waals surface area contributed by atoms with Crippen LogP contribution in [0.1, 0.15) is 58.3 Å². The normalized spacial score (nSPS) is 29.0. The van der Waals surface area contributed by atoms with E-state index in [1.807, 2.05) is 0 Å². The van der Waals surface area contributed by atoms with Crippen LogP contribution in [0.2, 0.25) is 0 Å². The van der Waals surface area contributed by atoms with Crippen molar-refractivity contribution in [1.29, 1.82) is 0 Å². The summed E-state index contributed by atoms with van der Waals surface area (Å²) in [5, 5.41) is 9.66. The van der Waals surface area contributed by atoms with Gasteiger partial charge in [0.25, 0.3) is 10.2 Å². The van der Waals surface area contributed by atoms with Crippen LogP contribution < -0.4 is 0 Å². The van der Waals surface area contributed by atoms with Crippen LogP contribution in [0.3, 0.4) is 0 Å². The number of piperidine rings is 1. The predicted molar refractivity (Wildman–Crippen MR) is 79.6 cm³/mol. The molecule has 20 heavy (non-hydrogen) atoms. The Kier molecular flexibility index (Phi) is 5.84. The minimum absolute atomic E-state index is 0.0376. The Morgan fingerprint density at radius 1 is 1.05 bits per heavy atom. The third kappa shape index (κ3) is 3.93. The van der Waals surface area contributed by atoms with Crippen LogP contribution >= 0.6 is 0 Å². The van der Waals surface area contributed by atoms with Gasteiger partial charge in [-0.05, 0) is 39.0 Å². The molecule has 1 N–H and O–H groups in total. The molecule has 2 unspecified atom stereocenters. The molecule has 2 saturated heterocycles. The van der Waals surface area contributed by atoms with Crippen molar-refractivity contribution in [3.8, 4) is 0 Å². The maximum Gasteiger partial charge on any atom is 0.282 e. The summed E-state index contributed by atoms with van der Waals surface area (Å²) < 4.78 is 29.0. The number of aliphatic hydroxyl groups is 1. The highest BCUT2D eigenvalue weighted by molar-refractivity contribution is 7.86. The summed E-state index contributed by atoms with van der Waals surface area (Å²) in [5.41, 5.74) is 0. The van der Waals surface area contributed by atoms with Gasteiger partial charge in [0, 0.05) is 25.7 Å². The number of nitrogens with zero attached hydrogens (tertiary/aromatic N) is 2. The van der Waals surface area contributed by atoms with E-state index in [0.717, 1.165) is 44.9 Å². The second-order valence-electron chi connectivity index (χ2n) is 6.17. The van der Waals surface area contributed by atoms with Gasteiger partial charge in [0.15, 0.2) is 0 Å². The number of rotatable bonds is 4. The molecule has 0 bridgehead atoms. The highest BCUT2D eigenvalue weighted by Crippen LogP contribution is 2.26. The Hall–Kier alpha value is -0.170. The predicted octanol–water partition coefficient (Wildman–Crippen LogP) is 1.73. The fraction of sp³-hybridized carbons (Fsp3) is 1.00. The van der Waals surface area contributed by atoms with Crippen molar-refractivity contribution in [2.75, 3.05) is 19.6 Å². The molecular weight excluding hydrogens is 276 g/mol. The molecule has 0 aromatic rings. The average molecular weight is 304 g/mol. The summed E-state index contributed by atoms with van der Waals surface area (Å²) >= 11 is 0. The molecule has 2 heterocycles. The zero-order valence-electron chi connectivity index (χ0n) is 12.5. The minimum Gasteiger partial charge on any atom is -0.393 e. The topological polar surface area (TPSA) is 60.9 Å². The van der Waals surface area contributed by atoms with E-state index in [2.05, 4.69) is 0 Å². The molecule has 0 spiro atoms. The van der Waals surface area contributed by atoms with Gasteiger partial charge < -0.3 is 5.11 Å². The molecule has 5 nitrogen and oxygen atoms in total. The van der Waals surface area contributed by atoms with Crippen molar-refractivity contribution in [2.45, 2.75) is 70.4 Å². The van der Waals surface area contributed by atoms with Crippen LogP contribution in [0.4, 0.5) is 0 Å². The standard InChI is InChI=1S/C14H28N2O3S/c1-13(17)12-14-8-4-2-7-11-16(14)20(18,19)15-9-5-3-6-10-15/h13-14,17H,2-12H2,1H3. The Morgan fingerprint density at radius 2 is 1.65 bits per heavy atom. The first-order chi connectivity index (χ1) is 9.51. The first kappa shape index (κ1) is 16.2. The second kappa shape index (κ2) is 7.20. The number of hydrogen-bond donors (Lipinski definition) is 1. The molecule has 2 fully saturated rings. The molecule has 118 valence electrons. The van der Waals surface area contributed by atoms with E-state index in [1.165, 1.54) is 0 Å². The zero-order chi connectivity index (χ0) is 14.6. The van der Waals surface area contributed by atoms with Gasteiger partial charge in [-0.2, -0.15) is 17.0 Å². The van der Waals surface area contributed by atoms with E-state index in [9.17, 15) is 13.5 Å². The molecule has 0 aromatic carbocycles. The summed E-state index contributed by atoms with van der Waals surface area (Å²) in [6.07, 6.45) is 7.11. The molecule has 2 rings (SSSR count). The van der Waals surface area contributed by atoms with Crippen LogP contribution in [0.15, 0.2) is 0 Å². The highest BCUT2D eigenvalue weighted by Gasteiger charge is 2.36. The summed E-state index contributed by atoms with van der Waals surface area (Å²) in [6.45, 7) is 3.66. The van der Waals surface area contributed by atoms with Crippen molar-refractivity contribution in [3.63, 3.8) is 0 Å². The van der Waals surface area contributed by atoms with Gasteiger partial charge in [-0.15, -0.1) is 0 Å². The average Bonchev–Trinajstić information content (AvgIpc) is 2.65. The molecule has 0 aromatic heterocycles. The van der Waals surface area contributed by atoms with Gasteiger partial charge in [0.2, 0.25) is 0 Å². The van der Waals surface area contributed by atoms with Crippen molar-refractivity contribution >= 4 is 10.2 Å². The van der Waals surface area contributed by atoms with E-state index in [4.69, 9.17) is 0 Å². The van der Waals surface area contributed by atoms with Crippen LogP contribution in [-0.4, -0.2) is 53.9 Å². The summed E-state index contributed by atoms with van der Waals surface area (Å²) in [5.74, 6) is 0. The lowest BCUT2D eigenvalue weighted by Gasteiger charge is -2.36. The van der Waals surface area contributed by atoms with Crippen LogP contribution in [0.5, 0.6) is 0 Å². The monoisotopic (exact) mass is 304 g/mol. The van der Waals surface area contributed by atoms with Crippen LogP contribution in [0.25, 0.3) is 0 Å². The Balaban J connectivity index is 2.15. The van der Waals surface area contributed by atoms with E-state index < -0.39 is 16.3 Å². The van der Waals surface area contributed by atoms with E-state index in [1.54, 1.807) is 15.5 Å². The third-order valence-electron chi connectivity index (χ3n) is 4.37. The minimum atomic E-state index is -3.35. The second-order valence-corrected chi connectivity index (χ2v) is 8.05. The molecule has 2 atom stereocenters. The molecule has 6 heteroatoms. The number of hydrogen-bond acceptors (Lipinski definition) is 3. The van der Waals surface area contributed by atoms with Crippen molar-refractivity contribution < 1.29 is 13.5 Å². The largest absolute Gasteiger partial charge is 0.393 e. The van der Waals surface area contributed by atoms with Gasteiger partial charge in [-0.3, -0.25) is 0 Å². The lowest BCUT2D eigenvalue weighted by molar-refractivity contribution is 0.143. The summed E-state index contributed by atoms with van der Waals surface area (Å²) in [7, 11) is -3.35. The summed E-state index contributed by atoms with van der Waals surface area (Å²) in [4.78, 5) is 0. The van der Waals surface area contributed by atoms with Crippen molar-refractivity contribution in [1.82, 2.24) is 8.61 Å². The van der Waals surface area contributed by atoms with Crippen LogP contribution in [-0.2, 0) is 10.2 Å². The lowest BCUT2D eigenvalue weighted by Crippen LogP contribution is -2.50.